The number of nitrogens with one attached hydrogen (secondary N) is 1. The van der Waals surface area contributed by atoms with E-state index in [0.29, 0.717) is 17.4 Å². The summed E-state index contributed by atoms with van der Waals surface area (Å²) in [5.74, 6) is -0.847. The minimum absolute atomic E-state index is 0.137. The third-order valence-electron chi connectivity index (χ3n) is 4.02. The molecule has 2 aromatic carbocycles. The topological polar surface area (TPSA) is 61.8 Å². The van der Waals surface area contributed by atoms with Gasteiger partial charge in [-0.25, -0.2) is 9.38 Å². The molecular formula is C21H20FN3O2S. The van der Waals surface area contributed by atoms with E-state index in [0.717, 1.165) is 5.56 Å². The molecule has 1 atom stereocenters. The van der Waals surface area contributed by atoms with Gasteiger partial charge in [-0.2, -0.15) is 0 Å². The summed E-state index contributed by atoms with van der Waals surface area (Å²) in [6, 6.07) is 15.0. The maximum absolute atomic E-state index is 13.3. The van der Waals surface area contributed by atoms with Crippen molar-refractivity contribution in [1.29, 1.82) is 0 Å². The van der Waals surface area contributed by atoms with E-state index < -0.39 is 11.1 Å². The summed E-state index contributed by atoms with van der Waals surface area (Å²) in [4.78, 5) is 31.0. The number of thioether (sulfide) groups is 1. The Bertz CT molecular complexity index is 926. The van der Waals surface area contributed by atoms with Gasteiger partial charge < -0.3 is 5.32 Å². The highest BCUT2D eigenvalue weighted by atomic mass is 32.2. The number of amidine groups is 1. The molecule has 0 fully saturated rings. The van der Waals surface area contributed by atoms with Gasteiger partial charge in [0.2, 0.25) is 5.91 Å². The van der Waals surface area contributed by atoms with Crippen molar-refractivity contribution in [3.63, 3.8) is 0 Å². The maximum Gasteiger partial charge on any atom is 0.283 e. The van der Waals surface area contributed by atoms with Crippen molar-refractivity contribution in [2.75, 3.05) is 11.4 Å². The number of amides is 2. The molecule has 0 aliphatic carbocycles. The Labute approximate surface area is 167 Å². The molecule has 3 rings (SSSR count). The largest absolute Gasteiger partial charge is 0.355 e. The van der Waals surface area contributed by atoms with Gasteiger partial charge in [-0.3, -0.25) is 14.5 Å². The number of anilines is 1. The minimum Gasteiger partial charge on any atom is -0.355 e. The van der Waals surface area contributed by atoms with Gasteiger partial charge in [-0.15, -0.1) is 0 Å². The Kier molecular flexibility index (Phi) is 6.26. The first kappa shape index (κ1) is 19.8. The predicted molar refractivity (Wildman–Crippen MR) is 111 cm³/mol. The van der Waals surface area contributed by atoms with Gasteiger partial charge in [0.05, 0.1) is 10.9 Å². The van der Waals surface area contributed by atoms with E-state index in [1.54, 1.807) is 13.0 Å². The number of carbonyl (C=O) groups excluding carboxylic acids is 2. The second-order valence-corrected chi connectivity index (χ2v) is 7.41. The van der Waals surface area contributed by atoms with Gasteiger partial charge in [0, 0.05) is 6.54 Å². The zero-order valence-corrected chi connectivity index (χ0v) is 16.4. The molecule has 5 nitrogen and oxygen atoms in total. The van der Waals surface area contributed by atoms with Crippen LogP contribution in [0.15, 0.2) is 65.3 Å². The van der Waals surface area contributed by atoms with Crippen LogP contribution in [0.25, 0.3) is 6.08 Å². The molecular weight excluding hydrogens is 377 g/mol. The van der Waals surface area contributed by atoms with E-state index in [4.69, 9.17) is 0 Å². The summed E-state index contributed by atoms with van der Waals surface area (Å²) >= 11 is 1.19. The van der Waals surface area contributed by atoms with Crippen LogP contribution in [0, 0.1) is 5.82 Å². The molecule has 1 N–H and O–H groups in total. The van der Waals surface area contributed by atoms with Gasteiger partial charge >= 0.3 is 0 Å². The van der Waals surface area contributed by atoms with Crippen LogP contribution in [0.3, 0.4) is 0 Å². The molecule has 1 heterocycles. The Hall–Kier alpha value is -2.93. The molecule has 0 radical (unpaired) electrons. The highest BCUT2D eigenvalue weighted by Crippen LogP contribution is 2.31. The third-order valence-corrected chi connectivity index (χ3v) is 5.07. The van der Waals surface area contributed by atoms with Crippen molar-refractivity contribution in [3.8, 4) is 0 Å². The lowest BCUT2D eigenvalue weighted by Crippen LogP contribution is -2.35. The van der Waals surface area contributed by atoms with E-state index in [-0.39, 0.29) is 17.5 Å². The van der Waals surface area contributed by atoms with E-state index in [1.807, 2.05) is 37.3 Å². The summed E-state index contributed by atoms with van der Waals surface area (Å²) in [7, 11) is 0. The van der Waals surface area contributed by atoms with Crippen molar-refractivity contribution in [3.05, 3.63) is 71.7 Å². The average molecular weight is 397 g/mol. The van der Waals surface area contributed by atoms with Crippen molar-refractivity contribution in [2.45, 2.75) is 19.1 Å². The molecule has 7 heteroatoms. The van der Waals surface area contributed by atoms with E-state index >= 15 is 0 Å². The number of benzene rings is 2. The lowest BCUT2D eigenvalue weighted by atomic mass is 10.2. The monoisotopic (exact) mass is 397 g/mol. The second kappa shape index (κ2) is 8.84. The molecule has 0 bridgehead atoms. The Morgan fingerprint density at radius 2 is 1.89 bits per heavy atom. The zero-order chi connectivity index (χ0) is 20.1. The van der Waals surface area contributed by atoms with Crippen LogP contribution in [0.4, 0.5) is 10.1 Å². The Morgan fingerprint density at radius 1 is 1.21 bits per heavy atom. The molecule has 0 saturated carbocycles. The number of nitrogens with zero attached hydrogens (tertiary/aromatic N) is 2. The van der Waals surface area contributed by atoms with Gasteiger partial charge in [-0.05, 0) is 49.8 Å². The molecule has 0 unspecified atom stereocenters. The predicted octanol–water partition coefficient (Wildman–Crippen LogP) is 3.83. The molecule has 0 aromatic heterocycles. The van der Waals surface area contributed by atoms with Gasteiger partial charge in [-0.1, -0.05) is 42.1 Å². The first-order valence-electron chi connectivity index (χ1n) is 8.89. The summed E-state index contributed by atoms with van der Waals surface area (Å²) < 4.78 is 13.3. The SMILES string of the molecule is CCNC(=O)[C@H](C)SC1=N/C(=C\c2ccccc2)C(=O)N1c1ccc(F)cc1. The van der Waals surface area contributed by atoms with Crippen molar-refractivity contribution in [1.82, 2.24) is 5.32 Å². The summed E-state index contributed by atoms with van der Waals surface area (Å²) in [6.45, 7) is 4.12. The number of halogens is 1. The molecule has 1 aliphatic heterocycles. The fraction of sp³-hybridized carbons (Fsp3) is 0.190. The highest BCUT2D eigenvalue weighted by molar-refractivity contribution is 8.15. The average Bonchev–Trinajstić information content (AvgIpc) is 2.98. The summed E-state index contributed by atoms with van der Waals surface area (Å²) in [5.41, 5.74) is 1.61. The molecule has 2 amide bonds. The van der Waals surface area contributed by atoms with Crippen molar-refractivity contribution in [2.24, 2.45) is 4.99 Å². The first-order valence-corrected chi connectivity index (χ1v) is 9.77. The van der Waals surface area contributed by atoms with Crippen LogP contribution in [-0.4, -0.2) is 28.8 Å². The fourth-order valence-electron chi connectivity index (χ4n) is 2.63. The first-order chi connectivity index (χ1) is 13.5. The number of hydrogen-bond acceptors (Lipinski definition) is 4. The number of aliphatic imine (C=N–C) groups is 1. The summed E-state index contributed by atoms with van der Waals surface area (Å²) in [5, 5.41) is 2.71. The lowest BCUT2D eigenvalue weighted by Gasteiger charge is -2.19. The smallest absolute Gasteiger partial charge is 0.283 e. The van der Waals surface area contributed by atoms with Gasteiger partial charge in [0.1, 0.15) is 11.5 Å². The van der Waals surface area contributed by atoms with Crippen LogP contribution < -0.4 is 10.2 Å². The molecule has 0 saturated heterocycles. The van der Waals surface area contributed by atoms with Crippen LogP contribution in [0.1, 0.15) is 19.4 Å². The lowest BCUT2D eigenvalue weighted by molar-refractivity contribution is -0.120. The Morgan fingerprint density at radius 3 is 2.54 bits per heavy atom. The summed E-state index contributed by atoms with van der Waals surface area (Å²) in [6.07, 6.45) is 1.70. The molecule has 1 aliphatic rings. The van der Waals surface area contributed by atoms with E-state index in [9.17, 15) is 14.0 Å². The number of carbonyl (C=O) groups is 2. The molecule has 144 valence electrons. The Balaban J connectivity index is 1.95. The van der Waals surface area contributed by atoms with Gasteiger partial charge in [0.25, 0.3) is 5.91 Å². The van der Waals surface area contributed by atoms with Crippen molar-refractivity contribution < 1.29 is 14.0 Å². The molecule has 28 heavy (non-hydrogen) atoms. The fourth-order valence-corrected chi connectivity index (χ4v) is 3.58. The molecule has 2 aromatic rings. The zero-order valence-electron chi connectivity index (χ0n) is 15.6. The maximum atomic E-state index is 13.3. The molecule has 0 spiro atoms. The quantitative estimate of drug-likeness (QED) is 0.780. The highest BCUT2D eigenvalue weighted by Gasteiger charge is 2.34. The third kappa shape index (κ3) is 4.48. The van der Waals surface area contributed by atoms with Crippen LogP contribution in [0.2, 0.25) is 0 Å². The van der Waals surface area contributed by atoms with Crippen LogP contribution in [0.5, 0.6) is 0 Å². The standard InChI is InChI=1S/C21H20FN3O2S/c1-3-23-19(26)14(2)28-21-24-18(13-15-7-5-4-6-8-15)20(27)25(21)17-11-9-16(22)10-12-17/h4-14H,3H2,1-2H3,(H,23,26)/b18-13-/t14-/m0/s1. The van der Waals surface area contributed by atoms with Crippen LogP contribution in [-0.2, 0) is 9.59 Å². The van der Waals surface area contributed by atoms with Gasteiger partial charge in [0.15, 0.2) is 5.17 Å². The normalized spacial score (nSPS) is 16.2. The van der Waals surface area contributed by atoms with Crippen molar-refractivity contribution >= 4 is 40.5 Å². The van der Waals surface area contributed by atoms with E-state index in [2.05, 4.69) is 10.3 Å². The second-order valence-electron chi connectivity index (χ2n) is 6.11. The van der Waals surface area contributed by atoms with E-state index in [1.165, 1.54) is 40.9 Å². The van der Waals surface area contributed by atoms with Crippen LogP contribution >= 0.6 is 11.8 Å². The minimum atomic E-state index is -0.439. The number of rotatable bonds is 5. The number of hydrogen-bond donors (Lipinski definition) is 1.